The number of benzene rings is 1. The standard InChI is InChI=1S/C21H26N8O2S2/c1-28-10-9-17(27-28)19-24-26-21(29(19)13-16-8-5-11-31-16)33-14-18(30)23-25-20(32)22-12-15-6-3-2-4-7-15/h2-4,6-7,9-10,16H,5,8,11-14H2,1H3,(H,23,30)(H2,22,25,32). The van der Waals surface area contributed by atoms with Crippen LogP contribution in [0.3, 0.4) is 0 Å². The lowest BCUT2D eigenvalue weighted by atomic mass is 10.2. The first kappa shape index (κ1) is 23.2. The lowest BCUT2D eigenvalue weighted by Gasteiger charge is -2.14. The number of rotatable bonds is 8. The molecule has 0 spiro atoms. The summed E-state index contributed by atoms with van der Waals surface area (Å²) in [5.74, 6) is 0.591. The highest BCUT2D eigenvalue weighted by Crippen LogP contribution is 2.25. The van der Waals surface area contributed by atoms with Gasteiger partial charge in [-0.1, -0.05) is 42.1 Å². The van der Waals surface area contributed by atoms with E-state index in [0.29, 0.717) is 29.2 Å². The summed E-state index contributed by atoms with van der Waals surface area (Å²) in [6.45, 7) is 1.95. The Morgan fingerprint density at radius 2 is 2.09 bits per heavy atom. The molecule has 33 heavy (non-hydrogen) atoms. The highest BCUT2D eigenvalue weighted by molar-refractivity contribution is 7.99. The molecule has 4 rings (SSSR count). The van der Waals surface area contributed by atoms with Gasteiger partial charge in [0.15, 0.2) is 16.1 Å². The van der Waals surface area contributed by atoms with E-state index >= 15 is 0 Å². The summed E-state index contributed by atoms with van der Waals surface area (Å²) in [4.78, 5) is 12.4. The van der Waals surface area contributed by atoms with E-state index in [0.717, 1.165) is 30.7 Å². The second kappa shape index (κ2) is 11.3. The maximum Gasteiger partial charge on any atom is 0.248 e. The van der Waals surface area contributed by atoms with Crippen molar-refractivity contribution in [1.82, 2.24) is 40.7 Å². The minimum atomic E-state index is -0.227. The smallest absolute Gasteiger partial charge is 0.248 e. The zero-order valence-electron chi connectivity index (χ0n) is 18.2. The van der Waals surface area contributed by atoms with Crippen molar-refractivity contribution in [2.45, 2.75) is 37.2 Å². The Labute approximate surface area is 201 Å². The van der Waals surface area contributed by atoms with Gasteiger partial charge in [-0.15, -0.1) is 10.2 Å². The third-order valence-corrected chi connectivity index (χ3v) is 6.23. The second-order valence-corrected chi connectivity index (χ2v) is 8.91. The number of thioether (sulfide) groups is 1. The largest absolute Gasteiger partial charge is 0.376 e. The first-order chi connectivity index (χ1) is 16.1. The lowest BCUT2D eigenvalue weighted by Crippen LogP contribution is -2.47. The Bertz CT molecular complexity index is 1080. The van der Waals surface area contributed by atoms with Crippen LogP contribution in [-0.2, 0) is 29.7 Å². The van der Waals surface area contributed by atoms with Gasteiger partial charge in [-0.3, -0.25) is 24.9 Å². The van der Waals surface area contributed by atoms with Crippen molar-refractivity contribution in [1.29, 1.82) is 0 Å². The Morgan fingerprint density at radius 3 is 2.82 bits per heavy atom. The molecule has 3 heterocycles. The van der Waals surface area contributed by atoms with Crippen LogP contribution in [0.4, 0.5) is 0 Å². The minimum Gasteiger partial charge on any atom is -0.376 e. The number of carbonyl (C=O) groups excluding carboxylic acids is 1. The normalized spacial score (nSPS) is 15.4. The lowest BCUT2D eigenvalue weighted by molar-refractivity contribution is -0.119. The van der Waals surface area contributed by atoms with Gasteiger partial charge in [-0.05, 0) is 36.7 Å². The van der Waals surface area contributed by atoms with E-state index in [-0.39, 0.29) is 17.8 Å². The summed E-state index contributed by atoms with van der Waals surface area (Å²) in [5.41, 5.74) is 7.17. The molecule has 174 valence electrons. The van der Waals surface area contributed by atoms with Crippen molar-refractivity contribution in [2.75, 3.05) is 12.4 Å². The molecule has 0 bridgehead atoms. The van der Waals surface area contributed by atoms with Crippen LogP contribution in [0.15, 0.2) is 47.8 Å². The number of aromatic nitrogens is 5. The predicted octanol–water partition coefficient (Wildman–Crippen LogP) is 1.65. The number of aryl methyl sites for hydroxylation is 1. The maximum atomic E-state index is 12.4. The molecule has 1 saturated heterocycles. The van der Waals surface area contributed by atoms with Gasteiger partial charge in [-0.2, -0.15) is 5.10 Å². The zero-order valence-corrected chi connectivity index (χ0v) is 19.9. The molecule has 1 aliphatic rings. The number of ether oxygens (including phenoxy) is 1. The summed E-state index contributed by atoms with van der Waals surface area (Å²) in [6.07, 6.45) is 4.00. The quantitative estimate of drug-likeness (QED) is 0.249. The number of hydrazine groups is 1. The molecule has 2 aromatic heterocycles. The molecule has 1 atom stereocenters. The summed E-state index contributed by atoms with van der Waals surface area (Å²) in [7, 11) is 1.86. The molecule has 3 aromatic rings. The number of nitrogens with zero attached hydrogens (tertiary/aromatic N) is 5. The number of amides is 1. The molecular weight excluding hydrogens is 460 g/mol. The van der Waals surface area contributed by atoms with E-state index in [4.69, 9.17) is 17.0 Å². The molecule has 0 radical (unpaired) electrons. The molecule has 1 aliphatic heterocycles. The number of carbonyl (C=O) groups is 1. The van der Waals surface area contributed by atoms with Crippen molar-refractivity contribution in [3.05, 3.63) is 48.2 Å². The molecule has 3 N–H and O–H groups in total. The van der Waals surface area contributed by atoms with Crippen molar-refractivity contribution in [3.63, 3.8) is 0 Å². The van der Waals surface area contributed by atoms with Gasteiger partial charge < -0.3 is 10.1 Å². The molecule has 1 unspecified atom stereocenters. The fraction of sp³-hybridized carbons (Fsp3) is 0.381. The second-order valence-electron chi connectivity index (χ2n) is 7.56. The number of thiocarbonyl (C=S) groups is 1. The van der Waals surface area contributed by atoms with Crippen LogP contribution in [-0.4, -0.2) is 54.0 Å². The molecular formula is C21H26N8O2S2. The van der Waals surface area contributed by atoms with Gasteiger partial charge in [0.25, 0.3) is 0 Å². The number of hydrogen-bond acceptors (Lipinski definition) is 7. The van der Waals surface area contributed by atoms with Gasteiger partial charge in [0.1, 0.15) is 5.69 Å². The fourth-order valence-electron chi connectivity index (χ4n) is 3.39. The molecule has 1 amide bonds. The monoisotopic (exact) mass is 486 g/mol. The molecule has 10 nitrogen and oxygen atoms in total. The van der Waals surface area contributed by atoms with Crippen LogP contribution >= 0.6 is 24.0 Å². The number of hydrogen-bond donors (Lipinski definition) is 3. The Balaban J connectivity index is 1.31. The first-order valence-electron chi connectivity index (χ1n) is 10.6. The zero-order chi connectivity index (χ0) is 23.0. The number of nitrogens with one attached hydrogen (secondary N) is 3. The summed E-state index contributed by atoms with van der Waals surface area (Å²) in [6, 6.07) is 11.8. The van der Waals surface area contributed by atoms with E-state index in [1.807, 2.05) is 54.2 Å². The van der Waals surface area contributed by atoms with E-state index in [1.54, 1.807) is 4.68 Å². The van der Waals surface area contributed by atoms with Crippen LogP contribution in [0.2, 0.25) is 0 Å². The van der Waals surface area contributed by atoms with Crippen LogP contribution in [0.25, 0.3) is 11.5 Å². The first-order valence-corrected chi connectivity index (χ1v) is 12.0. The van der Waals surface area contributed by atoms with Gasteiger partial charge in [-0.25, -0.2) is 0 Å². The van der Waals surface area contributed by atoms with Gasteiger partial charge in [0.2, 0.25) is 5.91 Å². The average molecular weight is 487 g/mol. The molecule has 0 saturated carbocycles. The van der Waals surface area contributed by atoms with E-state index < -0.39 is 0 Å². The average Bonchev–Trinajstić information content (AvgIpc) is 3.58. The topological polar surface area (TPSA) is 111 Å². The summed E-state index contributed by atoms with van der Waals surface area (Å²) >= 11 is 6.52. The van der Waals surface area contributed by atoms with Crippen LogP contribution in [0.5, 0.6) is 0 Å². The van der Waals surface area contributed by atoms with Crippen LogP contribution < -0.4 is 16.2 Å². The van der Waals surface area contributed by atoms with Crippen molar-refractivity contribution in [2.24, 2.45) is 7.05 Å². The molecule has 1 aromatic carbocycles. The van der Waals surface area contributed by atoms with Crippen molar-refractivity contribution < 1.29 is 9.53 Å². The minimum absolute atomic E-state index is 0.103. The van der Waals surface area contributed by atoms with E-state index in [9.17, 15) is 4.79 Å². The fourth-order valence-corrected chi connectivity index (χ4v) is 4.26. The highest BCUT2D eigenvalue weighted by atomic mass is 32.2. The van der Waals surface area contributed by atoms with E-state index in [2.05, 4.69) is 31.5 Å². The SMILES string of the molecule is Cn1ccc(-c2nnc(SCC(=O)NNC(=S)NCc3ccccc3)n2CC2CCCO2)n1. The Hall–Kier alpha value is -2.96. The Kier molecular flexibility index (Phi) is 7.92. The third-order valence-electron chi connectivity index (χ3n) is 5.01. The Morgan fingerprint density at radius 1 is 1.24 bits per heavy atom. The maximum absolute atomic E-state index is 12.4. The van der Waals surface area contributed by atoms with Crippen molar-refractivity contribution >= 4 is 35.0 Å². The predicted molar refractivity (Wildman–Crippen MR) is 129 cm³/mol. The van der Waals surface area contributed by atoms with Gasteiger partial charge in [0, 0.05) is 26.4 Å². The van der Waals surface area contributed by atoms with Crippen LogP contribution in [0.1, 0.15) is 18.4 Å². The third kappa shape index (κ3) is 6.53. The van der Waals surface area contributed by atoms with Gasteiger partial charge >= 0.3 is 0 Å². The summed E-state index contributed by atoms with van der Waals surface area (Å²) in [5, 5.41) is 17.1. The van der Waals surface area contributed by atoms with E-state index in [1.165, 1.54) is 11.8 Å². The molecule has 1 fully saturated rings. The molecule has 0 aliphatic carbocycles. The molecule has 12 heteroatoms. The van der Waals surface area contributed by atoms with Gasteiger partial charge in [0.05, 0.1) is 18.4 Å². The summed E-state index contributed by atoms with van der Waals surface area (Å²) < 4.78 is 9.51. The van der Waals surface area contributed by atoms with Crippen LogP contribution in [0, 0.1) is 0 Å². The highest BCUT2D eigenvalue weighted by Gasteiger charge is 2.23. The van der Waals surface area contributed by atoms with Crippen molar-refractivity contribution in [3.8, 4) is 11.5 Å².